The summed E-state index contributed by atoms with van der Waals surface area (Å²) in [4.78, 5) is 3.97. The third-order valence-electron chi connectivity index (χ3n) is 2.05. The third kappa shape index (κ3) is 2.72. The summed E-state index contributed by atoms with van der Waals surface area (Å²) < 4.78 is 5.46. The van der Waals surface area contributed by atoms with Gasteiger partial charge in [-0.2, -0.15) is 0 Å². The van der Waals surface area contributed by atoms with E-state index in [2.05, 4.69) is 4.98 Å². The van der Waals surface area contributed by atoms with E-state index in [9.17, 15) is 0 Å². The summed E-state index contributed by atoms with van der Waals surface area (Å²) in [5, 5.41) is 0.770. The molecule has 0 fully saturated rings. The zero-order valence-electron chi connectivity index (χ0n) is 8.65. The number of rotatable bonds is 2. The van der Waals surface area contributed by atoms with Crippen molar-refractivity contribution in [2.45, 2.75) is 0 Å². The average molecular weight is 270 g/mol. The van der Waals surface area contributed by atoms with Crippen molar-refractivity contribution >= 4 is 34.6 Å². The van der Waals surface area contributed by atoms with E-state index in [4.69, 9.17) is 39.4 Å². The maximum Gasteiger partial charge on any atom is 0.238 e. The number of benzene rings is 1. The van der Waals surface area contributed by atoms with Gasteiger partial charge in [-0.25, -0.2) is 4.98 Å². The molecule has 1 aromatic carbocycles. The highest BCUT2D eigenvalue weighted by Crippen LogP contribution is 2.30. The summed E-state index contributed by atoms with van der Waals surface area (Å²) in [5.41, 5.74) is 12.2. The van der Waals surface area contributed by atoms with Crippen LogP contribution < -0.4 is 16.2 Å². The normalized spacial score (nSPS) is 10.2. The van der Waals surface area contributed by atoms with Gasteiger partial charge in [0.05, 0.1) is 16.4 Å². The Morgan fingerprint density at radius 1 is 1.06 bits per heavy atom. The van der Waals surface area contributed by atoms with Crippen molar-refractivity contribution in [3.05, 3.63) is 40.5 Å². The lowest BCUT2D eigenvalue weighted by atomic mass is 10.2. The summed E-state index contributed by atoms with van der Waals surface area (Å²) in [5.74, 6) is 0.772. The molecule has 6 heteroatoms. The lowest BCUT2D eigenvalue weighted by Crippen LogP contribution is -1.95. The molecule has 1 aromatic heterocycles. The topological polar surface area (TPSA) is 74.2 Å². The van der Waals surface area contributed by atoms with Crippen LogP contribution in [-0.4, -0.2) is 4.98 Å². The maximum atomic E-state index is 5.92. The molecule has 0 spiro atoms. The SMILES string of the molecule is Nc1ccc(Oc2ncc(Cl)cc2Cl)cc1N. The van der Waals surface area contributed by atoms with Crippen LogP contribution in [0.1, 0.15) is 0 Å². The molecule has 2 rings (SSSR count). The molecule has 0 saturated heterocycles. The fourth-order valence-corrected chi connectivity index (χ4v) is 1.62. The van der Waals surface area contributed by atoms with E-state index in [1.165, 1.54) is 6.20 Å². The molecular weight excluding hydrogens is 261 g/mol. The van der Waals surface area contributed by atoms with E-state index in [1.54, 1.807) is 24.3 Å². The second-order valence-corrected chi connectivity index (χ2v) is 4.18. The van der Waals surface area contributed by atoms with Crippen molar-refractivity contribution in [2.24, 2.45) is 0 Å². The molecule has 2 aromatic rings. The molecule has 0 amide bonds. The van der Waals surface area contributed by atoms with Crippen LogP contribution in [0.25, 0.3) is 0 Å². The number of pyridine rings is 1. The highest BCUT2D eigenvalue weighted by atomic mass is 35.5. The van der Waals surface area contributed by atoms with Gasteiger partial charge in [-0.1, -0.05) is 23.2 Å². The first-order valence-electron chi connectivity index (χ1n) is 4.70. The van der Waals surface area contributed by atoms with Gasteiger partial charge in [0.2, 0.25) is 5.88 Å². The standard InChI is InChI=1S/C11H9Cl2N3O/c12-6-3-8(13)11(16-5-6)17-7-1-2-9(14)10(15)4-7/h1-5H,14-15H2. The minimum Gasteiger partial charge on any atom is -0.437 e. The number of halogens is 2. The number of hydrogen-bond donors (Lipinski definition) is 2. The highest BCUT2D eigenvalue weighted by Gasteiger charge is 2.06. The van der Waals surface area contributed by atoms with Crippen molar-refractivity contribution < 1.29 is 4.74 Å². The fourth-order valence-electron chi connectivity index (χ4n) is 1.21. The second kappa shape index (κ2) is 4.69. The molecule has 0 aliphatic heterocycles. The van der Waals surface area contributed by atoms with Crippen molar-refractivity contribution in [3.8, 4) is 11.6 Å². The van der Waals surface area contributed by atoms with E-state index in [0.717, 1.165) is 0 Å². The summed E-state index contributed by atoms with van der Waals surface area (Å²) in [6, 6.07) is 6.47. The highest BCUT2D eigenvalue weighted by molar-refractivity contribution is 6.35. The number of aromatic nitrogens is 1. The van der Waals surface area contributed by atoms with Crippen LogP contribution in [0.4, 0.5) is 11.4 Å². The molecule has 0 unspecified atom stereocenters. The Bertz CT molecular complexity index is 560. The first-order valence-corrected chi connectivity index (χ1v) is 5.46. The first kappa shape index (κ1) is 11.8. The Morgan fingerprint density at radius 2 is 1.82 bits per heavy atom. The largest absolute Gasteiger partial charge is 0.437 e. The van der Waals surface area contributed by atoms with Crippen LogP contribution in [0, 0.1) is 0 Å². The number of nitrogen functional groups attached to an aromatic ring is 2. The van der Waals surface area contributed by atoms with Gasteiger partial charge in [-0.05, 0) is 18.2 Å². The monoisotopic (exact) mass is 269 g/mol. The van der Waals surface area contributed by atoms with Gasteiger partial charge < -0.3 is 16.2 Å². The third-order valence-corrected chi connectivity index (χ3v) is 2.52. The number of nitrogens with zero attached hydrogens (tertiary/aromatic N) is 1. The van der Waals surface area contributed by atoms with Crippen molar-refractivity contribution in [2.75, 3.05) is 11.5 Å². The lowest BCUT2D eigenvalue weighted by molar-refractivity contribution is 0.463. The predicted molar refractivity (Wildman–Crippen MR) is 69.6 cm³/mol. The van der Waals surface area contributed by atoms with Crippen molar-refractivity contribution in [1.29, 1.82) is 0 Å². The van der Waals surface area contributed by atoms with E-state index in [-0.39, 0.29) is 5.88 Å². The van der Waals surface area contributed by atoms with Crippen molar-refractivity contribution in [1.82, 2.24) is 4.98 Å². The molecule has 4 nitrogen and oxygen atoms in total. The molecule has 0 bridgehead atoms. The fraction of sp³-hybridized carbons (Fsp3) is 0. The van der Waals surface area contributed by atoms with Crippen LogP contribution in [0.3, 0.4) is 0 Å². The molecular formula is C11H9Cl2N3O. The predicted octanol–water partition coefficient (Wildman–Crippen LogP) is 3.35. The summed E-state index contributed by atoms with van der Waals surface area (Å²) in [6.45, 7) is 0. The molecule has 0 saturated carbocycles. The number of ether oxygens (including phenoxy) is 1. The van der Waals surface area contributed by atoms with Gasteiger partial charge in [-0.3, -0.25) is 0 Å². The molecule has 0 atom stereocenters. The van der Waals surface area contributed by atoms with Crippen molar-refractivity contribution in [3.63, 3.8) is 0 Å². The van der Waals surface area contributed by atoms with Gasteiger partial charge in [-0.15, -0.1) is 0 Å². The zero-order chi connectivity index (χ0) is 12.4. The molecule has 0 radical (unpaired) electrons. The molecule has 0 aliphatic carbocycles. The minimum absolute atomic E-state index is 0.264. The van der Waals surface area contributed by atoms with Crippen LogP contribution in [0.5, 0.6) is 11.6 Å². The Labute approximate surface area is 108 Å². The van der Waals surface area contributed by atoms with Gasteiger partial charge in [0.1, 0.15) is 10.8 Å². The molecule has 0 aliphatic rings. The number of nitrogens with two attached hydrogens (primary N) is 2. The van der Waals surface area contributed by atoms with Gasteiger partial charge in [0.25, 0.3) is 0 Å². The smallest absolute Gasteiger partial charge is 0.238 e. The lowest BCUT2D eigenvalue weighted by Gasteiger charge is -2.08. The molecule has 88 valence electrons. The van der Waals surface area contributed by atoms with Crippen LogP contribution in [0.15, 0.2) is 30.5 Å². The van der Waals surface area contributed by atoms with E-state index < -0.39 is 0 Å². The summed E-state index contributed by atoms with van der Waals surface area (Å²) in [7, 11) is 0. The van der Waals surface area contributed by atoms with Crippen LogP contribution >= 0.6 is 23.2 Å². The van der Waals surface area contributed by atoms with Gasteiger partial charge in [0.15, 0.2) is 0 Å². The van der Waals surface area contributed by atoms with Gasteiger partial charge in [0, 0.05) is 12.3 Å². The van der Waals surface area contributed by atoms with Gasteiger partial charge >= 0.3 is 0 Å². The molecule has 4 N–H and O–H groups in total. The zero-order valence-corrected chi connectivity index (χ0v) is 10.2. The van der Waals surface area contributed by atoms with E-state index in [1.807, 2.05) is 0 Å². The van der Waals surface area contributed by atoms with E-state index in [0.29, 0.717) is 27.2 Å². The van der Waals surface area contributed by atoms with E-state index >= 15 is 0 Å². The van der Waals surface area contributed by atoms with Crippen LogP contribution in [-0.2, 0) is 0 Å². The Balaban J connectivity index is 2.28. The molecule has 1 heterocycles. The quantitative estimate of drug-likeness (QED) is 0.820. The minimum atomic E-state index is 0.264. The Hall–Kier alpha value is -1.65. The average Bonchev–Trinajstić information content (AvgIpc) is 2.27. The van der Waals surface area contributed by atoms with Crippen LogP contribution in [0.2, 0.25) is 10.0 Å². The Kier molecular flexibility index (Phi) is 3.26. The second-order valence-electron chi connectivity index (χ2n) is 3.33. The summed E-state index contributed by atoms with van der Waals surface area (Å²) in [6.07, 6.45) is 1.45. The summed E-state index contributed by atoms with van der Waals surface area (Å²) >= 11 is 11.6. The Morgan fingerprint density at radius 3 is 2.47 bits per heavy atom. The number of hydrogen-bond acceptors (Lipinski definition) is 4. The number of anilines is 2. The molecule has 17 heavy (non-hydrogen) atoms. The maximum absolute atomic E-state index is 5.92. The first-order chi connectivity index (χ1) is 8.06.